The average molecular weight is 243 g/mol. The second kappa shape index (κ2) is 4.05. The van der Waals surface area contributed by atoms with E-state index in [0.29, 0.717) is 11.6 Å². The highest BCUT2D eigenvalue weighted by Crippen LogP contribution is 2.31. The molecule has 4 heteroatoms. The number of halogens is 2. The Morgan fingerprint density at radius 1 is 1.33 bits per heavy atom. The number of nitrogens with two attached hydrogens (primary N) is 1. The van der Waals surface area contributed by atoms with E-state index in [2.05, 4.69) is 4.57 Å². The Balaban J connectivity index is 2.73. The van der Waals surface area contributed by atoms with E-state index in [4.69, 9.17) is 28.9 Å². The van der Waals surface area contributed by atoms with Gasteiger partial charge in [-0.15, -0.1) is 0 Å². The van der Waals surface area contributed by atoms with Crippen LogP contribution in [-0.4, -0.2) is 11.1 Å². The molecule has 1 heterocycles. The minimum absolute atomic E-state index is 0.595. The summed E-state index contributed by atoms with van der Waals surface area (Å²) in [5.74, 6) is 0. The number of nitrogens with zero attached hydrogens (tertiary/aromatic N) is 1. The minimum Gasteiger partial charge on any atom is -0.346 e. The minimum atomic E-state index is 0.595. The number of fused-ring (bicyclic) bond motifs is 1. The van der Waals surface area contributed by atoms with Crippen molar-refractivity contribution in [3.8, 4) is 0 Å². The van der Waals surface area contributed by atoms with Crippen molar-refractivity contribution in [2.75, 3.05) is 6.54 Å². The molecule has 2 rings (SSSR count). The van der Waals surface area contributed by atoms with Crippen LogP contribution in [0.15, 0.2) is 18.2 Å². The monoisotopic (exact) mass is 242 g/mol. The Hall–Kier alpha value is -0.700. The van der Waals surface area contributed by atoms with E-state index in [1.54, 1.807) is 0 Å². The van der Waals surface area contributed by atoms with Gasteiger partial charge in [-0.25, -0.2) is 0 Å². The van der Waals surface area contributed by atoms with Crippen molar-refractivity contribution in [2.45, 2.75) is 6.42 Å². The Bertz CT molecular complexity index is 503. The lowest BCUT2D eigenvalue weighted by atomic mass is 10.2. The predicted molar refractivity (Wildman–Crippen MR) is 65.7 cm³/mol. The Morgan fingerprint density at radius 3 is 2.73 bits per heavy atom. The van der Waals surface area contributed by atoms with Gasteiger partial charge < -0.3 is 10.3 Å². The standard InChI is InChI=1S/C11H12Cl2N2/c1-15-9-3-2-7(12)6-8(9)11(13)10(15)4-5-14/h2-3,6H,4-5,14H2,1H3. The molecule has 2 aromatic rings. The molecule has 2 nitrogen and oxygen atoms in total. The normalized spacial score (nSPS) is 11.2. The highest BCUT2D eigenvalue weighted by Gasteiger charge is 2.12. The van der Waals surface area contributed by atoms with Gasteiger partial charge in [-0.05, 0) is 24.7 Å². The van der Waals surface area contributed by atoms with Crippen LogP contribution in [0.25, 0.3) is 10.9 Å². The van der Waals surface area contributed by atoms with E-state index in [9.17, 15) is 0 Å². The number of hydrogen-bond acceptors (Lipinski definition) is 1. The molecule has 0 saturated carbocycles. The molecule has 15 heavy (non-hydrogen) atoms. The second-order valence-electron chi connectivity index (χ2n) is 3.52. The van der Waals surface area contributed by atoms with Crippen molar-refractivity contribution >= 4 is 34.1 Å². The number of aromatic nitrogens is 1. The van der Waals surface area contributed by atoms with Crippen LogP contribution in [0.1, 0.15) is 5.69 Å². The molecule has 0 amide bonds. The van der Waals surface area contributed by atoms with Crippen LogP contribution in [0.5, 0.6) is 0 Å². The molecule has 2 N–H and O–H groups in total. The van der Waals surface area contributed by atoms with E-state index in [1.807, 2.05) is 25.2 Å². The largest absolute Gasteiger partial charge is 0.346 e. The van der Waals surface area contributed by atoms with Crippen LogP contribution in [0.3, 0.4) is 0 Å². The summed E-state index contributed by atoms with van der Waals surface area (Å²) in [7, 11) is 1.99. The molecular weight excluding hydrogens is 231 g/mol. The summed E-state index contributed by atoms with van der Waals surface area (Å²) in [6, 6.07) is 5.73. The van der Waals surface area contributed by atoms with Gasteiger partial charge >= 0.3 is 0 Å². The molecule has 1 aromatic carbocycles. The molecular formula is C11H12Cl2N2. The summed E-state index contributed by atoms with van der Waals surface area (Å²) in [5, 5.41) is 2.46. The first kappa shape index (κ1) is 10.8. The molecule has 0 aliphatic heterocycles. The highest BCUT2D eigenvalue weighted by atomic mass is 35.5. The van der Waals surface area contributed by atoms with Crippen LogP contribution >= 0.6 is 23.2 Å². The van der Waals surface area contributed by atoms with Gasteiger partial charge in [0.05, 0.1) is 5.02 Å². The lowest BCUT2D eigenvalue weighted by Crippen LogP contribution is -2.06. The van der Waals surface area contributed by atoms with E-state index in [-0.39, 0.29) is 0 Å². The molecule has 0 fully saturated rings. The Kier molecular flexibility index (Phi) is 2.91. The molecule has 0 spiro atoms. The molecule has 0 atom stereocenters. The molecule has 80 valence electrons. The first-order chi connectivity index (χ1) is 7.15. The van der Waals surface area contributed by atoms with E-state index >= 15 is 0 Å². The number of benzene rings is 1. The number of rotatable bonds is 2. The van der Waals surface area contributed by atoms with Gasteiger partial charge in [0, 0.05) is 35.1 Å². The van der Waals surface area contributed by atoms with Gasteiger partial charge in [0.15, 0.2) is 0 Å². The highest BCUT2D eigenvalue weighted by molar-refractivity contribution is 6.37. The van der Waals surface area contributed by atoms with E-state index in [1.165, 1.54) is 0 Å². The van der Waals surface area contributed by atoms with Crippen molar-refractivity contribution in [2.24, 2.45) is 12.8 Å². The molecule has 0 bridgehead atoms. The Labute approximate surface area is 98.6 Å². The van der Waals surface area contributed by atoms with E-state index in [0.717, 1.165) is 28.0 Å². The molecule has 0 radical (unpaired) electrons. The smallest absolute Gasteiger partial charge is 0.0694 e. The molecule has 0 aliphatic carbocycles. The maximum atomic E-state index is 6.28. The third-order valence-corrected chi connectivity index (χ3v) is 3.25. The van der Waals surface area contributed by atoms with Crippen molar-refractivity contribution in [3.05, 3.63) is 33.9 Å². The summed E-state index contributed by atoms with van der Waals surface area (Å²) >= 11 is 12.2. The van der Waals surface area contributed by atoms with Gasteiger partial charge in [-0.3, -0.25) is 0 Å². The fraction of sp³-hybridized carbons (Fsp3) is 0.273. The van der Waals surface area contributed by atoms with Gasteiger partial charge in [0.2, 0.25) is 0 Å². The molecule has 1 aromatic heterocycles. The van der Waals surface area contributed by atoms with Gasteiger partial charge in [0.25, 0.3) is 0 Å². The first-order valence-electron chi connectivity index (χ1n) is 4.77. The molecule has 0 aliphatic rings. The van der Waals surface area contributed by atoms with E-state index < -0.39 is 0 Å². The van der Waals surface area contributed by atoms with Gasteiger partial charge in [0.1, 0.15) is 0 Å². The zero-order chi connectivity index (χ0) is 11.0. The van der Waals surface area contributed by atoms with Crippen molar-refractivity contribution in [1.29, 1.82) is 0 Å². The van der Waals surface area contributed by atoms with Crippen LogP contribution < -0.4 is 5.73 Å². The predicted octanol–water partition coefficient (Wildman–Crippen LogP) is 2.99. The zero-order valence-electron chi connectivity index (χ0n) is 8.43. The second-order valence-corrected chi connectivity index (χ2v) is 4.33. The average Bonchev–Trinajstić information content (AvgIpc) is 2.44. The van der Waals surface area contributed by atoms with Crippen LogP contribution in [-0.2, 0) is 13.5 Å². The SMILES string of the molecule is Cn1c(CCN)c(Cl)c2cc(Cl)ccc21. The molecule has 0 unspecified atom stereocenters. The van der Waals surface area contributed by atoms with Crippen molar-refractivity contribution < 1.29 is 0 Å². The van der Waals surface area contributed by atoms with Crippen molar-refractivity contribution in [1.82, 2.24) is 4.57 Å². The van der Waals surface area contributed by atoms with Gasteiger partial charge in [-0.1, -0.05) is 23.2 Å². The van der Waals surface area contributed by atoms with Crippen LogP contribution in [0.2, 0.25) is 10.0 Å². The van der Waals surface area contributed by atoms with Gasteiger partial charge in [-0.2, -0.15) is 0 Å². The fourth-order valence-electron chi connectivity index (χ4n) is 1.84. The lowest BCUT2D eigenvalue weighted by molar-refractivity contribution is 0.827. The maximum absolute atomic E-state index is 6.28. The number of hydrogen-bond donors (Lipinski definition) is 1. The Morgan fingerprint density at radius 2 is 2.07 bits per heavy atom. The number of aryl methyl sites for hydroxylation is 1. The third kappa shape index (κ3) is 1.73. The lowest BCUT2D eigenvalue weighted by Gasteiger charge is -2.02. The van der Waals surface area contributed by atoms with Crippen LogP contribution in [0.4, 0.5) is 0 Å². The topological polar surface area (TPSA) is 30.9 Å². The first-order valence-corrected chi connectivity index (χ1v) is 5.53. The maximum Gasteiger partial charge on any atom is 0.0694 e. The fourth-order valence-corrected chi connectivity index (χ4v) is 2.38. The quantitative estimate of drug-likeness (QED) is 0.863. The third-order valence-electron chi connectivity index (χ3n) is 2.60. The summed E-state index contributed by atoms with van der Waals surface area (Å²) in [4.78, 5) is 0. The molecule has 0 saturated heterocycles. The van der Waals surface area contributed by atoms with Crippen LogP contribution in [0, 0.1) is 0 Å². The summed E-state index contributed by atoms with van der Waals surface area (Å²) in [6.45, 7) is 0.595. The summed E-state index contributed by atoms with van der Waals surface area (Å²) in [5.41, 5.74) is 7.71. The van der Waals surface area contributed by atoms with Crippen molar-refractivity contribution in [3.63, 3.8) is 0 Å². The summed E-state index contributed by atoms with van der Waals surface area (Å²) in [6.07, 6.45) is 0.779. The zero-order valence-corrected chi connectivity index (χ0v) is 9.94. The summed E-state index contributed by atoms with van der Waals surface area (Å²) < 4.78 is 2.07.